The highest BCUT2D eigenvalue weighted by molar-refractivity contribution is 5.51. The first kappa shape index (κ1) is 17.2. The summed E-state index contributed by atoms with van der Waals surface area (Å²) in [4.78, 5) is 12.0. The number of rotatable bonds is 4. The molecule has 1 atom stereocenters. The highest BCUT2D eigenvalue weighted by Gasteiger charge is 2.22. The van der Waals surface area contributed by atoms with Crippen molar-refractivity contribution in [2.45, 2.75) is 19.5 Å². The van der Waals surface area contributed by atoms with Gasteiger partial charge in [-0.1, -0.05) is 5.92 Å². The van der Waals surface area contributed by atoms with Crippen LogP contribution >= 0.6 is 0 Å². The molecular formula is C15H11F3N4O2. The minimum Gasteiger partial charge on any atom is -0.477 e. The minimum atomic E-state index is -3.01. The summed E-state index contributed by atoms with van der Waals surface area (Å²) in [6.07, 6.45) is 1.44. The van der Waals surface area contributed by atoms with Crippen LogP contribution in [-0.2, 0) is 7.05 Å². The quantitative estimate of drug-likeness (QED) is 0.800. The Hall–Kier alpha value is -3.20. The molecule has 0 N–H and O–H groups in total. The highest BCUT2D eigenvalue weighted by Crippen LogP contribution is 2.26. The summed E-state index contributed by atoms with van der Waals surface area (Å²) < 4.78 is 46.3. The van der Waals surface area contributed by atoms with E-state index in [2.05, 4.69) is 11.0 Å². The van der Waals surface area contributed by atoms with Crippen LogP contribution in [0.3, 0.4) is 0 Å². The van der Waals surface area contributed by atoms with Gasteiger partial charge < -0.3 is 4.74 Å². The lowest BCUT2D eigenvalue weighted by atomic mass is 10.2. The molecule has 0 radical (unpaired) electrons. The number of alkyl halides is 2. The van der Waals surface area contributed by atoms with E-state index in [1.165, 1.54) is 6.92 Å². The average molecular weight is 336 g/mol. The first-order valence-electron chi connectivity index (χ1n) is 6.61. The van der Waals surface area contributed by atoms with Gasteiger partial charge in [0.1, 0.15) is 17.5 Å². The largest absolute Gasteiger partial charge is 0.477 e. The zero-order valence-electron chi connectivity index (χ0n) is 12.6. The lowest BCUT2D eigenvalue weighted by Crippen LogP contribution is -2.23. The number of aromatic nitrogens is 3. The van der Waals surface area contributed by atoms with E-state index in [-0.39, 0.29) is 11.3 Å². The molecule has 0 aliphatic heterocycles. The Morgan fingerprint density at radius 1 is 1.42 bits per heavy atom. The fourth-order valence-corrected chi connectivity index (χ4v) is 1.91. The summed E-state index contributed by atoms with van der Waals surface area (Å²) in [6.45, 7) is 1.52. The van der Waals surface area contributed by atoms with Crippen molar-refractivity contribution >= 4 is 0 Å². The Morgan fingerprint density at radius 2 is 2.08 bits per heavy atom. The van der Waals surface area contributed by atoms with Gasteiger partial charge >= 0.3 is 5.69 Å². The molecule has 9 heteroatoms. The zero-order chi connectivity index (χ0) is 18.0. The Bertz CT molecular complexity index is 919. The van der Waals surface area contributed by atoms with Crippen molar-refractivity contribution in [2.24, 2.45) is 7.05 Å². The second-order valence-corrected chi connectivity index (χ2v) is 4.75. The van der Waals surface area contributed by atoms with Gasteiger partial charge in [0.15, 0.2) is 11.9 Å². The van der Waals surface area contributed by atoms with Gasteiger partial charge in [0, 0.05) is 13.1 Å². The second-order valence-electron chi connectivity index (χ2n) is 4.75. The summed E-state index contributed by atoms with van der Waals surface area (Å²) >= 11 is 0. The first-order valence-corrected chi connectivity index (χ1v) is 6.61. The molecule has 0 amide bonds. The van der Waals surface area contributed by atoms with E-state index in [1.54, 1.807) is 6.07 Å². The van der Waals surface area contributed by atoms with E-state index < -0.39 is 35.5 Å². The fraction of sp³-hybridized carbons (Fsp3) is 0.267. The average Bonchev–Trinajstić information content (AvgIpc) is 2.84. The number of terminal acetylenes is 1. The molecule has 0 fully saturated rings. The van der Waals surface area contributed by atoms with Gasteiger partial charge in [0.05, 0.1) is 5.56 Å². The predicted octanol–water partition coefficient (Wildman–Crippen LogP) is 1.92. The third-order valence-corrected chi connectivity index (χ3v) is 3.15. The maximum Gasteiger partial charge on any atom is 0.350 e. The first-order chi connectivity index (χ1) is 11.3. The van der Waals surface area contributed by atoms with Crippen LogP contribution in [0.25, 0.3) is 5.69 Å². The van der Waals surface area contributed by atoms with Crippen molar-refractivity contribution in [2.75, 3.05) is 0 Å². The summed E-state index contributed by atoms with van der Waals surface area (Å²) in [5, 5.41) is 12.5. The van der Waals surface area contributed by atoms with Crippen LogP contribution in [0.4, 0.5) is 13.2 Å². The van der Waals surface area contributed by atoms with Crippen LogP contribution < -0.4 is 10.4 Å². The third kappa shape index (κ3) is 2.97. The number of hydrogen-bond acceptors (Lipinski definition) is 4. The van der Waals surface area contributed by atoms with Crippen LogP contribution in [0, 0.1) is 29.5 Å². The number of nitrogens with zero attached hydrogens (tertiary/aromatic N) is 4. The molecule has 1 heterocycles. The van der Waals surface area contributed by atoms with Gasteiger partial charge in [-0.25, -0.2) is 18.0 Å². The van der Waals surface area contributed by atoms with E-state index in [1.807, 2.05) is 0 Å². The monoisotopic (exact) mass is 336 g/mol. The lowest BCUT2D eigenvalue weighted by Gasteiger charge is -2.12. The topological polar surface area (TPSA) is 72.8 Å². The van der Waals surface area contributed by atoms with E-state index in [0.717, 1.165) is 19.2 Å². The standard InChI is InChI=1S/C15H11F3N4O2/c1-4-8(2)24-12-6-11(10(16)5-9(12)7-19)22-15(23)21(3)14(20-22)13(17)18/h1,5-6,8,13H,2-3H3. The van der Waals surface area contributed by atoms with Gasteiger partial charge in [-0.15, -0.1) is 11.5 Å². The summed E-state index contributed by atoms with van der Waals surface area (Å²) in [6, 6.07) is 3.56. The van der Waals surface area contributed by atoms with Gasteiger partial charge in [-0.2, -0.15) is 9.94 Å². The molecule has 1 aromatic carbocycles. The van der Waals surface area contributed by atoms with E-state index in [9.17, 15) is 18.0 Å². The van der Waals surface area contributed by atoms with E-state index >= 15 is 0 Å². The molecule has 0 spiro atoms. The fourth-order valence-electron chi connectivity index (χ4n) is 1.91. The van der Waals surface area contributed by atoms with Gasteiger partial charge in [-0.3, -0.25) is 4.57 Å². The Labute approximate surface area is 134 Å². The lowest BCUT2D eigenvalue weighted by molar-refractivity contribution is 0.136. The molecule has 0 saturated carbocycles. The highest BCUT2D eigenvalue weighted by atomic mass is 19.3. The van der Waals surface area contributed by atoms with E-state index in [4.69, 9.17) is 16.4 Å². The molecule has 0 bridgehead atoms. The van der Waals surface area contributed by atoms with Gasteiger partial charge in [0.25, 0.3) is 6.43 Å². The summed E-state index contributed by atoms with van der Waals surface area (Å²) in [7, 11) is 1.09. The number of benzene rings is 1. The normalized spacial score (nSPS) is 11.8. The van der Waals surface area contributed by atoms with Crippen LogP contribution in [0.15, 0.2) is 16.9 Å². The molecule has 0 aliphatic rings. The molecule has 24 heavy (non-hydrogen) atoms. The number of ether oxygens (including phenoxy) is 1. The van der Waals surface area contributed by atoms with Crippen LogP contribution in [0.1, 0.15) is 24.7 Å². The summed E-state index contributed by atoms with van der Waals surface area (Å²) in [5.41, 5.74) is -1.55. The zero-order valence-corrected chi connectivity index (χ0v) is 12.6. The molecule has 2 aromatic rings. The Kier molecular flexibility index (Phi) is 4.65. The number of nitriles is 1. The van der Waals surface area contributed by atoms with E-state index in [0.29, 0.717) is 9.25 Å². The molecule has 0 saturated heterocycles. The Morgan fingerprint density at radius 3 is 2.58 bits per heavy atom. The Balaban J connectivity index is 2.66. The van der Waals surface area contributed by atoms with Crippen LogP contribution in [-0.4, -0.2) is 20.5 Å². The molecule has 2 rings (SSSR count). The molecule has 1 aromatic heterocycles. The van der Waals surface area contributed by atoms with Crippen molar-refractivity contribution < 1.29 is 17.9 Å². The molecule has 124 valence electrons. The smallest absolute Gasteiger partial charge is 0.350 e. The number of hydrogen-bond donors (Lipinski definition) is 0. The molecule has 6 nitrogen and oxygen atoms in total. The van der Waals surface area contributed by atoms with Gasteiger partial charge in [0.2, 0.25) is 5.82 Å². The molecular weight excluding hydrogens is 325 g/mol. The van der Waals surface area contributed by atoms with Crippen molar-refractivity contribution in [1.29, 1.82) is 5.26 Å². The van der Waals surface area contributed by atoms with Crippen LogP contribution in [0.5, 0.6) is 5.75 Å². The maximum absolute atomic E-state index is 14.2. The van der Waals surface area contributed by atoms with Crippen LogP contribution in [0.2, 0.25) is 0 Å². The summed E-state index contributed by atoms with van der Waals surface area (Å²) in [5.74, 6) is 0.369. The molecule has 0 aliphatic carbocycles. The third-order valence-electron chi connectivity index (χ3n) is 3.15. The predicted molar refractivity (Wildman–Crippen MR) is 77.4 cm³/mol. The van der Waals surface area contributed by atoms with Crippen molar-refractivity contribution in [1.82, 2.24) is 14.3 Å². The van der Waals surface area contributed by atoms with Gasteiger partial charge in [-0.05, 0) is 13.0 Å². The van der Waals surface area contributed by atoms with Crippen molar-refractivity contribution in [3.05, 3.63) is 39.8 Å². The minimum absolute atomic E-state index is 0.0875. The maximum atomic E-state index is 14.2. The van der Waals surface area contributed by atoms with Crippen molar-refractivity contribution in [3.8, 4) is 29.8 Å². The SMILES string of the molecule is C#CC(C)Oc1cc(-n2nc(C(F)F)n(C)c2=O)c(F)cc1C#N. The molecule has 1 unspecified atom stereocenters. The second kappa shape index (κ2) is 6.50. The number of halogens is 3. The van der Waals surface area contributed by atoms with Crippen molar-refractivity contribution in [3.63, 3.8) is 0 Å².